The Balaban J connectivity index is 1.63. The van der Waals surface area contributed by atoms with Crippen LogP contribution in [-0.2, 0) is 47.5 Å². The molecule has 0 aromatic rings. The van der Waals surface area contributed by atoms with E-state index in [0.29, 0.717) is 0 Å². The summed E-state index contributed by atoms with van der Waals surface area (Å²) in [6.07, 6.45) is -36.0. The van der Waals surface area contributed by atoms with E-state index in [1.54, 1.807) is 0 Å². The summed E-state index contributed by atoms with van der Waals surface area (Å²) in [6, 6.07) is -3.28. The summed E-state index contributed by atoms with van der Waals surface area (Å²) in [7, 11) is 0. The number of carboxylic acid groups (broad SMARTS) is 1. The third-order valence-electron chi connectivity index (χ3n) is 9.98. The third-order valence-corrected chi connectivity index (χ3v) is 9.98. The number of ether oxygens (including phenoxy) is 7. The second kappa shape index (κ2) is 19.8. The standard InChI is InChI=1S/C31H52N2O24/c1-8(38)32-15-10(40)3-31(30(49)50,56-25(15)17(42)11(41)4-34)57-26-18(43)12(5-35)52-29(22(26)47)55-23-14(7-37)53-28(16(19(23)44)33-9(2)39)54-24-13(6-36)51-27(48)21(46)20(24)45/h10-29,34-37,40-48H,3-7H2,1-2H3,(H,32,38)(H,33,39)(H,49,50)/t10-,11+,12+,13+,14+,15+,16+,17+,18-,19+,20+,21-,22+,23+,24+,25+,26-,27?,28-,29-,31-/m0/s1. The molecule has 16 N–H and O–H groups in total. The lowest BCUT2D eigenvalue weighted by atomic mass is 9.88. The van der Waals surface area contributed by atoms with Crippen molar-refractivity contribution in [1.82, 2.24) is 10.6 Å². The van der Waals surface area contributed by atoms with Crippen molar-refractivity contribution in [1.29, 1.82) is 0 Å². The van der Waals surface area contributed by atoms with Gasteiger partial charge in [0.2, 0.25) is 11.8 Å². The number of hydrogen-bond acceptors (Lipinski definition) is 23. The van der Waals surface area contributed by atoms with Crippen LogP contribution in [0.5, 0.6) is 0 Å². The van der Waals surface area contributed by atoms with E-state index in [1.807, 2.05) is 0 Å². The van der Waals surface area contributed by atoms with Crippen LogP contribution in [0.15, 0.2) is 0 Å². The lowest BCUT2D eigenvalue weighted by molar-refractivity contribution is -0.386. The molecule has 2 amide bonds. The second-order valence-electron chi connectivity index (χ2n) is 14.0. The fraction of sp³-hybridized carbons (Fsp3) is 0.903. The monoisotopic (exact) mass is 836 g/mol. The molecule has 4 saturated heterocycles. The van der Waals surface area contributed by atoms with Crippen molar-refractivity contribution in [3.63, 3.8) is 0 Å². The van der Waals surface area contributed by atoms with E-state index in [-0.39, 0.29) is 0 Å². The summed E-state index contributed by atoms with van der Waals surface area (Å²) in [5.74, 6) is -6.73. The van der Waals surface area contributed by atoms with Crippen LogP contribution in [-0.4, -0.2) is 244 Å². The Morgan fingerprint density at radius 2 is 1.21 bits per heavy atom. The molecule has 57 heavy (non-hydrogen) atoms. The molecule has 0 bridgehead atoms. The minimum Gasteiger partial charge on any atom is -0.477 e. The first kappa shape index (κ1) is 47.3. The number of carboxylic acids is 1. The van der Waals surface area contributed by atoms with Gasteiger partial charge >= 0.3 is 5.97 Å². The van der Waals surface area contributed by atoms with E-state index >= 15 is 0 Å². The molecule has 4 fully saturated rings. The zero-order chi connectivity index (χ0) is 42.7. The maximum Gasteiger partial charge on any atom is 0.364 e. The number of rotatable bonds is 15. The summed E-state index contributed by atoms with van der Waals surface area (Å²) in [5.41, 5.74) is 0. The largest absolute Gasteiger partial charge is 0.477 e. The first-order valence-corrected chi connectivity index (χ1v) is 17.7. The maximum absolute atomic E-state index is 12.8. The van der Waals surface area contributed by atoms with Gasteiger partial charge in [-0.15, -0.1) is 0 Å². The Bertz CT molecular complexity index is 1350. The molecule has 21 atom stereocenters. The molecule has 4 heterocycles. The lowest BCUT2D eigenvalue weighted by Gasteiger charge is -2.51. The molecular formula is C31H52N2O24. The van der Waals surface area contributed by atoms with Gasteiger partial charge in [-0.05, 0) is 0 Å². The molecule has 26 heteroatoms. The van der Waals surface area contributed by atoms with Gasteiger partial charge in [0.05, 0.1) is 38.6 Å². The average molecular weight is 837 g/mol. The minimum absolute atomic E-state index is 0.787. The van der Waals surface area contributed by atoms with Crippen LogP contribution in [0.4, 0.5) is 0 Å². The quantitative estimate of drug-likeness (QED) is 0.0728. The predicted molar refractivity (Wildman–Crippen MR) is 174 cm³/mol. The number of aliphatic hydroxyl groups excluding tert-OH is 13. The van der Waals surface area contributed by atoms with Gasteiger partial charge in [0.25, 0.3) is 5.79 Å². The molecule has 4 aliphatic rings. The highest BCUT2D eigenvalue weighted by molar-refractivity contribution is 5.76. The van der Waals surface area contributed by atoms with Crippen molar-refractivity contribution >= 4 is 17.8 Å². The molecule has 1 unspecified atom stereocenters. The van der Waals surface area contributed by atoms with Gasteiger partial charge in [-0.3, -0.25) is 9.59 Å². The van der Waals surface area contributed by atoms with Crippen LogP contribution in [0.3, 0.4) is 0 Å². The first-order chi connectivity index (χ1) is 26.7. The van der Waals surface area contributed by atoms with Crippen molar-refractivity contribution in [3.05, 3.63) is 0 Å². The first-order valence-electron chi connectivity index (χ1n) is 17.7. The predicted octanol–water partition coefficient (Wildman–Crippen LogP) is -10.3. The van der Waals surface area contributed by atoms with Crippen molar-refractivity contribution in [2.24, 2.45) is 0 Å². The molecule has 0 aromatic heterocycles. The minimum atomic E-state index is -3.12. The van der Waals surface area contributed by atoms with Gasteiger partial charge in [0, 0.05) is 20.3 Å². The van der Waals surface area contributed by atoms with E-state index < -0.39 is 179 Å². The fourth-order valence-corrected chi connectivity index (χ4v) is 7.06. The Labute approximate surface area is 322 Å². The summed E-state index contributed by atoms with van der Waals surface area (Å²) in [4.78, 5) is 36.9. The van der Waals surface area contributed by atoms with E-state index in [4.69, 9.17) is 33.2 Å². The molecule has 330 valence electrons. The number of amides is 2. The van der Waals surface area contributed by atoms with Crippen molar-refractivity contribution < 1.29 is 119 Å². The SMILES string of the molecule is CC(=O)N[C@H]1[C@H](O[C@H]2[C@H](O)[C@H](O)C(O)O[C@@H]2CO)O[C@H](CO)[C@@H](O[C@@H]2O[C@H](CO)[C@H](O)[C@H](O[C@]3(C(=O)O)C[C@H](O)[C@@H](NC(C)=O)[C@H]([C@H](O)[C@H](O)CO)O3)[C@H]2O)[C@@H]1O. The van der Waals surface area contributed by atoms with Gasteiger partial charge in [0.15, 0.2) is 18.9 Å². The van der Waals surface area contributed by atoms with Crippen LogP contribution in [0, 0.1) is 0 Å². The summed E-state index contributed by atoms with van der Waals surface area (Å²) >= 11 is 0. The third kappa shape index (κ3) is 10.2. The molecule has 0 radical (unpaired) electrons. The molecule has 4 rings (SSSR count). The maximum atomic E-state index is 12.8. The zero-order valence-corrected chi connectivity index (χ0v) is 30.4. The number of nitrogens with one attached hydrogen (secondary N) is 2. The molecule has 0 aliphatic carbocycles. The van der Waals surface area contributed by atoms with Crippen LogP contribution < -0.4 is 10.6 Å². The number of hydrogen-bond donors (Lipinski definition) is 16. The van der Waals surface area contributed by atoms with Crippen molar-refractivity contribution in [3.8, 4) is 0 Å². The van der Waals surface area contributed by atoms with Gasteiger partial charge < -0.3 is 115 Å². The Morgan fingerprint density at radius 1 is 0.684 bits per heavy atom. The highest BCUT2D eigenvalue weighted by atomic mass is 16.8. The summed E-state index contributed by atoms with van der Waals surface area (Å²) in [5, 5.41) is 151. The van der Waals surface area contributed by atoms with Gasteiger partial charge in [-0.2, -0.15) is 0 Å². The zero-order valence-electron chi connectivity index (χ0n) is 30.4. The number of aliphatic hydroxyl groups is 13. The van der Waals surface area contributed by atoms with E-state index in [0.717, 1.165) is 13.8 Å². The van der Waals surface area contributed by atoms with Gasteiger partial charge in [-0.1, -0.05) is 0 Å². The van der Waals surface area contributed by atoms with Crippen LogP contribution in [0.1, 0.15) is 20.3 Å². The molecule has 26 nitrogen and oxygen atoms in total. The van der Waals surface area contributed by atoms with E-state index in [2.05, 4.69) is 10.6 Å². The van der Waals surface area contributed by atoms with E-state index in [1.165, 1.54) is 0 Å². The lowest BCUT2D eigenvalue weighted by Crippen LogP contribution is -2.71. The van der Waals surface area contributed by atoms with Crippen LogP contribution >= 0.6 is 0 Å². The highest BCUT2D eigenvalue weighted by Gasteiger charge is 2.60. The number of carbonyl (C=O) groups is 3. The second-order valence-corrected chi connectivity index (χ2v) is 14.0. The average Bonchev–Trinajstić information content (AvgIpc) is 3.16. The fourth-order valence-electron chi connectivity index (χ4n) is 7.06. The van der Waals surface area contributed by atoms with Gasteiger partial charge in [-0.25, -0.2) is 4.79 Å². The van der Waals surface area contributed by atoms with Crippen molar-refractivity contribution in [2.75, 3.05) is 26.4 Å². The van der Waals surface area contributed by atoms with Crippen LogP contribution in [0.25, 0.3) is 0 Å². The Kier molecular flexibility index (Phi) is 16.4. The smallest absolute Gasteiger partial charge is 0.364 e. The highest BCUT2D eigenvalue weighted by Crippen LogP contribution is 2.39. The molecule has 0 saturated carbocycles. The molecule has 0 spiro atoms. The Morgan fingerprint density at radius 3 is 1.75 bits per heavy atom. The van der Waals surface area contributed by atoms with Crippen molar-refractivity contribution in [2.45, 2.75) is 149 Å². The van der Waals surface area contributed by atoms with Crippen LogP contribution in [0.2, 0.25) is 0 Å². The topological polar surface area (TPSA) is 423 Å². The molecule has 4 aliphatic heterocycles. The Hall–Kier alpha value is -2.39. The molecular weight excluding hydrogens is 784 g/mol. The summed E-state index contributed by atoms with van der Waals surface area (Å²) in [6.45, 7) is -1.99. The normalized spacial score (nSPS) is 45.1. The molecule has 0 aromatic carbocycles. The number of carbonyl (C=O) groups excluding carboxylic acids is 2. The number of aliphatic carboxylic acids is 1. The summed E-state index contributed by atoms with van der Waals surface area (Å²) < 4.78 is 39.0. The van der Waals surface area contributed by atoms with Gasteiger partial charge in [0.1, 0.15) is 91.5 Å². The van der Waals surface area contributed by atoms with E-state index in [9.17, 15) is 85.9 Å².